The Balaban J connectivity index is 1.98. The van der Waals surface area contributed by atoms with Crippen molar-refractivity contribution in [3.63, 3.8) is 0 Å². The first-order valence-corrected chi connectivity index (χ1v) is 8.32. The lowest BCUT2D eigenvalue weighted by atomic mass is 10.1. The third-order valence-corrected chi connectivity index (χ3v) is 3.90. The summed E-state index contributed by atoms with van der Waals surface area (Å²) in [6.07, 6.45) is 1.98. The third-order valence-electron chi connectivity index (χ3n) is 3.90. The Morgan fingerprint density at radius 1 is 0.917 bits per heavy atom. The Morgan fingerprint density at radius 2 is 1.58 bits per heavy atom. The average molecular weight is 324 g/mol. The molecule has 4 nitrogen and oxygen atoms in total. The maximum Gasteiger partial charge on any atom is 0.251 e. The Hall–Kier alpha value is -2.62. The smallest absolute Gasteiger partial charge is 0.251 e. The van der Waals surface area contributed by atoms with E-state index in [1.807, 2.05) is 31.2 Å². The molecule has 0 aliphatic rings. The van der Waals surface area contributed by atoms with Gasteiger partial charge in [0, 0.05) is 24.2 Å². The van der Waals surface area contributed by atoms with Gasteiger partial charge >= 0.3 is 0 Å². The van der Waals surface area contributed by atoms with Crippen LogP contribution < -0.4 is 10.6 Å². The first-order valence-electron chi connectivity index (χ1n) is 8.32. The summed E-state index contributed by atoms with van der Waals surface area (Å²) in [5.74, 6) is -0.321. The van der Waals surface area contributed by atoms with Crippen LogP contribution in [0.2, 0.25) is 0 Å². The number of aryl methyl sites for hydroxylation is 1. The zero-order valence-corrected chi connectivity index (χ0v) is 14.3. The Labute approximate surface area is 143 Å². The maximum atomic E-state index is 12.3. The molecule has 0 fully saturated rings. The summed E-state index contributed by atoms with van der Waals surface area (Å²) in [5, 5.41) is 5.76. The summed E-state index contributed by atoms with van der Waals surface area (Å²) in [6.45, 7) is 5.21. The fourth-order valence-electron chi connectivity index (χ4n) is 2.37. The zero-order chi connectivity index (χ0) is 17.4. The van der Waals surface area contributed by atoms with E-state index >= 15 is 0 Å². The van der Waals surface area contributed by atoms with Crippen LogP contribution in [0.1, 0.15) is 51.6 Å². The molecule has 0 unspecified atom stereocenters. The molecule has 0 saturated heterocycles. The topological polar surface area (TPSA) is 58.2 Å². The lowest BCUT2D eigenvalue weighted by Crippen LogP contribution is -2.26. The molecule has 2 amide bonds. The van der Waals surface area contributed by atoms with Gasteiger partial charge in [0.25, 0.3) is 11.8 Å². The molecule has 0 saturated carbocycles. The lowest BCUT2D eigenvalue weighted by Gasteiger charge is -2.09. The number of rotatable bonds is 7. The summed E-state index contributed by atoms with van der Waals surface area (Å²) >= 11 is 0. The van der Waals surface area contributed by atoms with Gasteiger partial charge in [-0.25, -0.2) is 0 Å². The number of carbonyl (C=O) groups excluding carboxylic acids is 2. The molecule has 2 rings (SSSR count). The Morgan fingerprint density at radius 3 is 2.25 bits per heavy atom. The fraction of sp³-hybridized carbons (Fsp3) is 0.300. The number of benzene rings is 2. The maximum absolute atomic E-state index is 12.3. The monoisotopic (exact) mass is 324 g/mol. The summed E-state index contributed by atoms with van der Waals surface area (Å²) in [7, 11) is 0. The van der Waals surface area contributed by atoms with Crippen molar-refractivity contribution in [2.75, 3.05) is 6.54 Å². The normalized spacial score (nSPS) is 10.2. The molecular weight excluding hydrogens is 300 g/mol. The molecule has 0 aromatic heterocycles. The number of unbranched alkanes of at least 4 members (excludes halogenated alkanes) is 1. The molecule has 0 atom stereocenters. The van der Waals surface area contributed by atoms with Gasteiger partial charge in [0.1, 0.15) is 0 Å². The predicted molar refractivity (Wildman–Crippen MR) is 96.0 cm³/mol. The van der Waals surface area contributed by atoms with Gasteiger partial charge < -0.3 is 10.6 Å². The Kier molecular flexibility index (Phi) is 6.55. The minimum absolute atomic E-state index is 0.142. The van der Waals surface area contributed by atoms with Gasteiger partial charge in [0.05, 0.1) is 0 Å². The van der Waals surface area contributed by atoms with E-state index in [4.69, 9.17) is 0 Å². The van der Waals surface area contributed by atoms with Crippen LogP contribution in [0.4, 0.5) is 0 Å². The molecule has 2 aromatic rings. The van der Waals surface area contributed by atoms with Gasteiger partial charge in [-0.05, 0) is 42.7 Å². The summed E-state index contributed by atoms with van der Waals surface area (Å²) in [4.78, 5) is 24.4. The highest BCUT2D eigenvalue weighted by atomic mass is 16.2. The van der Waals surface area contributed by atoms with Crippen LogP contribution in [0.3, 0.4) is 0 Å². The number of nitrogens with one attached hydrogen (secondary N) is 2. The highest BCUT2D eigenvalue weighted by molar-refractivity contribution is 5.99. The minimum Gasteiger partial charge on any atom is -0.352 e. The van der Waals surface area contributed by atoms with E-state index in [0.717, 1.165) is 24.0 Å². The second kappa shape index (κ2) is 8.87. The lowest BCUT2D eigenvalue weighted by molar-refractivity contribution is 0.0950. The largest absolute Gasteiger partial charge is 0.352 e. The highest BCUT2D eigenvalue weighted by Crippen LogP contribution is 2.09. The van der Waals surface area contributed by atoms with E-state index in [2.05, 4.69) is 17.6 Å². The number of hydrogen-bond acceptors (Lipinski definition) is 2. The van der Waals surface area contributed by atoms with E-state index in [1.165, 1.54) is 0 Å². The fourth-order valence-corrected chi connectivity index (χ4v) is 2.37. The molecule has 0 bridgehead atoms. The van der Waals surface area contributed by atoms with E-state index < -0.39 is 0 Å². The molecular formula is C20H24N2O2. The number of hydrogen-bond donors (Lipinski definition) is 2. The predicted octanol–water partition coefficient (Wildman–Crippen LogP) is 3.45. The van der Waals surface area contributed by atoms with Crippen molar-refractivity contribution in [2.24, 2.45) is 0 Å². The van der Waals surface area contributed by atoms with E-state index in [-0.39, 0.29) is 11.8 Å². The molecule has 2 N–H and O–H groups in total. The second-order valence-corrected chi connectivity index (χ2v) is 5.80. The Bertz CT molecular complexity index is 710. The van der Waals surface area contributed by atoms with E-state index in [0.29, 0.717) is 24.2 Å². The van der Waals surface area contributed by atoms with E-state index in [9.17, 15) is 9.59 Å². The molecule has 2 aromatic carbocycles. The first-order chi connectivity index (χ1) is 11.6. The van der Waals surface area contributed by atoms with Gasteiger partial charge in [-0.2, -0.15) is 0 Å². The second-order valence-electron chi connectivity index (χ2n) is 5.80. The van der Waals surface area contributed by atoms with Crippen LogP contribution in [-0.4, -0.2) is 18.4 Å². The molecule has 24 heavy (non-hydrogen) atoms. The molecule has 0 aliphatic heterocycles. The van der Waals surface area contributed by atoms with Gasteiger partial charge in [-0.15, -0.1) is 0 Å². The summed E-state index contributed by atoms with van der Waals surface area (Å²) in [6, 6.07) is 14.7. The van der Waals surface area contributed by atoms with Crippen molar-refractivity contribution in [3.05, 3.63) is 70.8 Å². The summed E-state index contributed by atoms with van der Waals surface area (Å²) in [5.41, 5.74) is 3.22. The van der Waals surface area contributed by atoms with Crippen molar-refractivity contribution in [2.45, 2.75) is 33.2 Å². The van der Waals surface area contributed by atoms with Crippen LogP contribution in [0.5, 0.6) is 0 Å². The first kappa shape index (κ1) is 17.7. The van der Waals surface area contributed by atoms with E-state index in [1.54, 1.807) is 24.3 Å². The van der Waals surface area contributed by atoms with Gasteiger partial charge in [-0.3, -0.25) is 9.59 Å². The minimum atomic E-state index is -0.179. The highest BCUT2D eigenvalue weighted by Gasteiger charge is 2.10. The molecule has 4 heteroatoms. The van der Waals surface area contributed by atoms with Crippen LogP contribution in [0.25, 0.3) is 0 Å². The van der Waals surface area contributed by atoms with Crippen molar-refractivity contribution < 1.29 is 9.59 Å². The average Bonchev–Trinajstić information content (AvgIpc) is 2.61. The van der Waals surface area contributed by atoms with Gasteiger partial charge in [0.15, 0.2) is 0 Å². The number of amides is 2. The standard InChI is InChI=1S/C20H24N2O2/c1-3-4-12-21-19(23)16-10-7-11-17(13-16)20(24)22-14-18-9-6-5-8-15(18)2/h5-11,13H,3-4,12,14H2,1-2H3,(H,21,23)(H,22,24). The van der Waals surface area contributed by atoms with Crippen molar-refractivity contribution in [1.29, 1.82) is 0 Å². The SMILES string of the molecule is CCCCNC(=O)c1cccc(C(=O)NCc2ccccc2C)c1. The van der Waals surface area contributed by atoms with Crippen LogP contribution >= 0.6 is 0 Å². The van der Waals surface area contributed by atoms with Crippen LogP contribution in [0.15, 0.2) is 48.5 Å². The van der Waals surface area contributed by atoms with Crippen molar-refractivity contribution >= 4 is 11.8 Å². The molecule has 0 aliphatic carbocycles. The van der Waals surface area contributed by atoms with Crippen LogP contribution in [-0.2, 0) is 6.54 Å². The quantitative estimate of drug-likeness (QED) is 0.766. The van der Waals surface area contributed by atoms with Gasteiger partial charge in [-0.1, -0.05) is 43.7 Å². The summed E-state index contributed by atoms with van der Waals surface area (Å²) < 4.78 is 0. The molecule has 0 radical (unpaired) electrons. The molecule has 126 valence electrons. The van der Waals surface area contributed by atoms with Crippen molar-refractivity contribution in [1.82, 2.24) is 10.6 Å². The zero-order valence-electron chi connectivity index (χ0n) is 14.3. The molecule has 0 heterocycles. The third kappa shape index (κ3) is 4.95. The number of carbonyl (C=O) groups is 2. The van der Waals surface area contributed by atoms with Crippen LogP contribution in [0, 0.1) is 6.92 Å². The van der Waals surface area contributed by atoms with Crippen molar-refractivity contribution in [3.8, 4) is 0 Å². The van der Waals surface area contributed by atoms with Gasteiger partial charge in [0.2, 0.25) is 0 Å². The molecule has 0 spiro atoms.